The first-order valence-corrected chi connectivity index (χ1v) is 10.6. The number of nitrogens with zero attached hydrogens (tertiary/aromatic N) is 4. The number of aryl methyl sites for hydroxylation is 1. The topological polar surface area (TPSA) is 83.8 Å². The molecule has 2 fully saturated rings. The van der Waals surface area contributed by atoms with Crippen LogP contribution in [-0.4, -0.2) is 52.0 Å². The van der Waals surface area contributed by atoms with Gasteiger partial charge in [0.05, 0.1) is 17.8 Å². The molecule has 8 heteroatoms. The van der Waals surface area contributed by atoms with Gasteiger partial charge in [0, 0.05) is 30.9 Å². The van der Waals surface area contributed by atoms with Crippen LogP contribution in [0.5, 0.6) is 0 Å². The minimum atomic E-state index is -0.488. The third-order valence-corrected chi connectivity index (χ3v) is 5.50. The number of carbonyl (C=O) groups is 1. The molecular formula is C21H32N6O2. The summed E-state index contributed by atoms with van der Waals surface area (Å²) in [7, 11) is 0. The summed E-state index contributed by atoms with van der Waals surface area (Å²) in [6.07, 6.45) is 6.17. The van der Waals surface area contributed by atoms with Crippen molar-refractivity contribution in [2.75, 3.05) is 24.5 Å². The summed E-state index contributed by atoms with van der Waals surface area (Å²) in [6, 6.07) is 2.48. The number of ether oxygens (including phenoxy) is 1. The number of carbonyl (C=O) groups excluding carboxylic acids is 1. The van der Waals surface area contributed by atoms with Crippen LogP contribution in [0.15, 0.2) is 12.3 Å². The van der Waals surface area contributed by atoms with Crippen molar-refractivity contribution < 1.29 is 9.53 Å². The average molecular weight is 401 g/mol. The Hall–Kier alpha value is -2.35. The van der Waals surface area contributed by atoms with Gasteiger partial charge in [-0.05, 0) is 53.5 Å². The summed E-state index contributed by atoms with van der Waals surface area (Å²) < 4.78 is 7.27. The second kappa shape index (κ2) is 7.82. The third-order valence-electron chi connectivity index (χ3n) is 5.50. The first-order chi connectivity index (χ1) is 13.8. The van der Waals surface area contributed by atoms with Gasteiger partial charge in [-0.25, -0.2) is 14.3 Å². The highest BCUT2D eigenvalue weighted by Gasteiger charge is 2.28. The monoisotopic (exact) mass is 400 g/mol. The minimum Gasteiger partial charge on any atom is -0.444 e. The van der Waals surface area contributed by atoms with Crippen molar-refractivity contribution in [2.24, 2.45) is 0 Å². The molecule has 0 saturated carbocycles. The maximum Gasteiger partial charge on any atom is 0.407 e. The zero-order valence-electron chi connectivity index (χ0n) is 17.9. The van der Waals surface area contributed by atoms with E-state index in [0.29, 0.717) is 6.04 Å². The summed E-state index contributed by atoms with van der Waals surface area (Å²) >= 11 is 0. The van der Waals surface area contributed by atoms with Gasteiger partial charge in [0.1, 0.15) is 11.4 Å². The van der Waals surface area contributed by atoms with E-state index in [0.717, 1.165) is 55.2 Å². The molecule has 2 aliphatic rings. The van der Waals surface area contributed by atoms with Gasteiger partial charge in [0.15, 0.2) is 5.65 Å². The number of piperidine rings is 1. The molecule has 0 aliphatic carbocycles. The van der Waals surface area contributed by atoms with Gasteiger partial charge in [-0.2, -0.15) is 5.10 Å². The van der Waals surface area contributed by atoms with Gasteiger partial charge >= 0.3 is 6.09 Å². The van der Waals surface area contributed by atoms with Crippen LogP contribution >= 0.6 is 0 Å². The van der Waals surface area contributed by atoms with Crippen LogP contribution in [0.4, 0.5) is 10.6 Å². The standard InChI is InChI=1S/C21H32N6O2/c1-14-12-27-18(11-17(25-27)16-7-5-6-9-22-16)24-19(14)26-10-8-15(13-26)23-20(28)29-21(2,3)4/h11-12,15-16,22H,5-10,13H2,1-4H3,(H,23,28)/t15-,16?/m1/s1. The summed E-state index contributed by atoms with van der Waals surface area (Å²) in [5.41, 5.74) is 2.54. The summed E-state index contributed by atoms with van der Waals surface area (Å²) in [5.74, 6) is 0.967. The highest BCUT2D eigenvalue weighted by molar-refractivity contribution is 5.68. The Morgan fingerprint density at radius 1 is 1.31 bits per heavy atom. The molecule has 0 bridgehead atoms. The predicted octanol–water partition coefficient (Wildman–Crippen LogP) is 2.96. The molecule has 29 heavy (non-hydrogen) atoms. The predicted molar refractivity (Wildman–Crippen MR) is 112 cm³/mol. The van der Waals surface area contributed by atoms with Crippen molar-refractivity contribution in [1.82, 2.24) is 25.2 Å². The Morgan fingerprint density at radius 2 is 2.14 bits per heavy atom. The first kappa shape index (κ1) is 19.9. The van der Waals surface area contributed by atoms with Crippen LogP contribution in [0.25, 0.3) is 5.65 Å². The number of nitrogens with one attached hydrogen (secondary N) is 2. The van der Waals surface area contributed by atoms with Crippen molar-refractivity contribution in [2.45, 2.75) is 71.1 Å². The summed E-state index contributed by atoms with van der Waals surface area (Å²) in [4.78, 5) is 19.2. The van der Waals surface area contributed by atoms with Gasteiger partial charge in [0.2, 0.25) is 0 Å². The quantitative estimate of drug-likeness (QED) is 0.824. The van der Waals surface area contributed by atoms with E-state index in [2.05, 4.69) is 34.7 Å². The molecule has 4 heterocycles. The number of alkyl carbamates (subject to hydrolysis) is 1. The smallest absolute Gasteiger partial charge is 0.407 e. The molecule has 2 aromatic rings. The Kier molecular flexibility index (Phi) is 5.38. The number of aromatic nitrogens is 3. The molecule has 2 saturated heterocycles. The molecule has 2 N–H and O–H groups in total. The Morgan fingerprint density at radius 3 is 2.86 bits per heavy atom. The number of amides is 1. The fourth-order valence-corrected chi connectivity index (χ4v) is 4.16. The Balaban J connectivity index is 1.46. The SMILES string of the molecule is Cc1cn2nc(C3CCCCN3)cc2nc1N1CC[C@@H](NC(=O)OC(C)(C)C)C1. The van der Waals surface area contributed by atoms with Crippen LogP contribution in [0.2, 0.25) is 0 Å². The average Bonchev–Trinajstić information content (AvgIpc) is 3.26. The fourth-order valence-electron chi connectivity index (χ4n) is 4.16. The van der Waals surface area contributed by atoms with Crippen LogP contribution in [-0.2, 0) is 4.74 Å². The van der Waals surface area contributed by atoms with Crippen molar-refractivity contribution in [3.63, 3.8) is 0 Å². The normalized spacial score (nSPS) is 22.8. The van der Waals surface area contributed by atoms with Gasteiger partial charge < -0.3 is 20.3 Å². The van der Waals surface area contributed by atoms with Crippen molar-refractivity contribution >= 4 is 17.6 Å². The van der Waals surface area contributed by atoms with E-state index in [4.69, 9.17) is 14.8 Å². The molecule has 158 valence electrons. The zero-order chi connectivity index (χ0) is 20.6. The van der Waals surface area contributed by atoms with Crippen molar-refractivity contribution in [3.05, 3.63) is 23.5 Å². The number of rotatable bonds is 3. The van der Waals surface area contributed by atoms with E-state index in [-0.39, 0.29) is 12.1 Å². The Bertz CT molecular complexity index is 881. The third kappa shape index (κ3) is 4.63. The molecule has 2 atom stereocenters. The van der Waals surface area contributed by atoms with E-state index in [1.54, 1.807) is 0 Å². The van der Waals surface area contributed by atoms with Crippen molar-refractivity contribution in [3.8, 4) is 0 Å². The molecule has 1 unspecified atom stereocenters. The molecule has 1 amide bonds. The van der Waals surface area contributed by atoms with E-state index in [1.807, 2.05) is 25.3 Å². The molecule has 8 nitrogen and oxygen atoms in total. The van der Waals surface area contributed by atoms with Crippen LogP contribution in [0.1, 0.15) is 63.8 Å². The van der Waals surface area contributed by atoms with Gasteiger partial charge in [-0.3, -0.25) is 0 Å². The lowest BCUT2D eigenvalue weighted by Crippen LogP contribution is -2.40. The number of hydrogen-bond donors (Lipinski definition) is 2. The molecular weight excluding hydrogens is 368 g/mol. The lowest BCUT2D eigenvalue weighted by Gasteiger charge is -2.22. The van der Waals surface area contributed by atoms with Gasteiger partial charge in [0.25, 0.3) is 0 Å². The van der Waals surface area contributed by atoms with Gasteiger partial charge in [-0.15, -0.1) is 0 Å². The first-order valence-electron chi connectivity index (χ1n) is 10.6. The fraction of sp³-hybridized carbons (Fsp3) is 0.667. The van der Waals surface area contributed by atoms with E-state index >= 15 is 0 Å². The molecule has 2 aliphatic heterocycles. The number of fused-ring (bicyclic) bond motifs is 1. The highest BCUT2D eigenvalue weighted by atomic mass is 16.6. The molecule has 0 radical (unpaired) electrons. The van der Waals surface area contributed by atoms with Gasteiger partial charge in [-0.1, -0.05) is 6.42 Å². The Labute approximate surface area is 172 Å². The largest absolute Gasteiger partial charge is 0.444 e. The zero-order valence-corrected chi connectivity index (χ0v) is 17.9. The lowest BCUT2D eigenvalue weighted by molar-refractivity contribution is 0.0509. The van der Waals surface area contributed by atoms with Crippen LogP contribution < -0.4 is 15.5 Å². The lowest BCUT2D eigenvalue weighted by atomic mass is 10.0. The molecule has 0 aromatic carbocycles. The number of anilines is 1. The number of hydrogen-bond acceptors (Lipinski definition) is 6. The maximum absolute atomic E-state index is 12.1. The van der Waals surface area contributed by atoms with Crippen LogP contribution in [0, 0.1) is 6.92 Å². The van der Waals surface area contributed by atoms with E-state index in [9.17, 15) is 4.79 Å². The molecule has 4 rings (SSSR count). The van der Waals surface area contributed by atoms with Crippen molar-refractivity contribution in [1.29, 1.82) is 0 Å². The summed E-state index contributed by atoms with van der Waals surface area (Å²) in [6.45, 7) is 10.3. The van der Waals surface area contributed by atoms with E-state index in [1.165, 1.54) is 12.8 Å². The second-order valence-corrected chi connectivity index (χ2v) is 9.20. The second-order valence-electron chi connectivity index (χ2n) is 9.20. The minimum absolute atomic E-state index is 0.0641. The maximum atomic E-state index is 12.1. The van der Waals surface area contributed by atoms with E-state index < -0.39 is 5.60 Å². The van der Waals surface area contributed by atoms with Crippen LogP contribution in [0.3, 0.4) is 0 Å². The summed E-state index contributed by atoms with van der Waals surface area (Å²) in [5, 5.41) is 11.3. The molecule has 0 spiro atoms. The highest BCUT2D eigenvalue weighted by Crippen LogP contribution is 2.26. The molecule has 2 aromatic heterocycles.